The lowest BCUT2D eigenvalue weighted by Gasteiger charge is -2.42. The summed E-state index contributed by atoms with van der Waals surface area (Å²) in [6.45, 7) is 8.75. The van der Waals surface area contributed by atoms with Crippen molar-refractivity contribution in [3.8, 4) is 11.5 Å². The van der Waals surface area contributed by atoms with E-state index in [-0.39, 0.29) is 0 Å². The van der Waals surface area contributed by atoms with E-state index in [9.17, 15) is 0 Å². The van der Waals surface area contributed by atoms with Crippen molar-refractivity contribution in [2.24, 2.45) is 0 Å². The Balaban J connectivity index is 1.76. The SMILES string of the molecule is CC1CN(Cc2cc3c(cc2N)OCCO3)CC(C)N1C. The highest BCUT2D eigenvalue weighted by Crippen LogP contribution is 2.35. The van der Waals surface area contributed by atoms with Gasteiger partial charge in [0.1, 0.15) is 13.2 Å². The number of benzene rings is 1. The van der Waals surface area contributed by atoms with E-state index < -0.39 is 0 Å². The van der Waals surface area contributed by atoms with Crippen LogP contribution in [0.4, 0.5) is 5.69 Å². The molecule has 0 bridgehead atoms. The summed E-state index contributed by atoms with van der Waals surface area (Å²) < 4.78 is 11.2. The summed E-state index contributed by atoms with van der Waals surface area (Å²) in [6, 6.07) is 5.06. The van der Waals surface area contributed by atoms with Crippen LogP contribution < -0.4 is 15.2 Å². The first-order valence-electron chi connectivity index (χ1n) is 7.67. The molecule has 21 heavy (non-hydrogen) atoms. The second kappa shape index (κ2) is 5.73. The van der Waals surface area contributed by atoms with Crippen molar-refractivity contribution in [1.82, 2.24) is 9.80 Å². The van der Waals surface area contributed by atoms with Gasteiger partial charge in [-0.2, -0.15) is 0 Å². The van der Waals surface area contributed by atoms with Crippen molar-refractivity contribution in [3.05, 3.63) is 17.7 Å². The summed E-state index contributed by atoms with van der Waals surface area (Å²) in [5.74, 6) is 1.59. The fourth-order valence-corrected chi connectivity index (χ4v) is 3.17. The van der Waals surface area contributed by atoms with Gasteiger partial charge in [0.05, 0.1) is 0 Å². The van der Waals surface area contributed by atoms with E-state index in [1.807, 2.05) is 12.1 Å². The van der Waals surface area contributed by atoms with Gasteiger partial charge in [-0.1, -0.05) is 0 Å². The van der Waals surface area contributed by atoms with Gasteiger partial charge in [-0.3, -0.25) is 9.80 Å². The Kier molecular flexibility index (Phi) is 3.95. The number of hydrogen-bond donors (Lipinski definition) is 1. The number of ether oxygens (including phenoxy) is 2. The Morgan fingerprint density at radius 2 is 1.67 bits per heavy atom. The molecular formula is C16H25N3O2. The minimum Gasteiger partial charge on any atom is -0.486 e. The Labute approximate surface area is 126 Å². The lowest BCUT2D eigenvalue weighted by atomic mass is 10.1. The van der Waals surface area contributed by atoms with Crippen LogP contribution in [0.5, 0.6) is 11.5 Å². The van der Waals surface area contributed by atoms with Crippen LogP contribution in [0.2, 0.25) is 0 Å². The molecule has 2 aliphatic heterocycles. The fourth-order valence-electron chi connectivity index (χ4n) is 3.17. The number of nitrogen functional groups attached to an aromatic ring is 1. The van der Waals surface area contributed by atoms with Gasteiger partial charge in [-0.05, 0) is 32.5 Å². The lowest BCUT2D eigenvalue weighted by molar-refractivity contribution is 0.0556. The number of rotatable bonds is 2. The van der Waals surface area contributed by atoms with E-state index in [0.717, 1.165) is 42.4 Å². The van der Waals surface area contributed by atoms with Crippen LogP contribution in [0.25, 0.3) is 0 Å². The Morgan fingerprint density at radius 1 is 1.10 bits per heavy atom. The topological polar surface area (TPSA) is 51.0 Å². The molecule has 2 N–H and O–H groups in total. The molecule has 0 aromatic heterocycles. The number of nitrogens with two attached hydrogens (primary N) is 1. The third-order valence-electron chi connectivity index (χ3n) is 4.63. The van der Waals surface area contributed by atoms with Crippen molar-refractivity contribution in [2.75, 3.05) is 39.1 Å². The third kappa shape index (κ3) is 2.94. The molecule has 0 amide bonds. The fraction of sp³-hybridized carbons (Fsp3) is 0.625. The number of fused-ring (bicyclic) bond motifs is 1. The summed E-state index contributed by atoms with van der Waals surface area (Å²) in [7, 11) is 2.20. The smallest absolute Gasteiger partial charge is 0.163 e. The summed E-state index contributed by atoms with van der Waals surface area (Å²) in [4.78, 5) is 4.90. The maximum absolute atomic E-state index is 6.19. The predicted molar refractivity (Wildman–Crippen MR) is 83.8 cm³/mol. The molecule has 1 aromatic rings. The highest BCUT2D eigenvalue weighted by molar-refractivity contribution is 5.58. The Bertz CT molecular complexity index is 508. The predicted octanol–water partition coefficient (Wildman–Crippen LogP) is 1.56. The minimum absolute atomic E-state index is 0.562. The molecule has 3 rings (SSSR count). The maximum atomic E-state index is 6.19. The van der Waals surface area contributed by atoms with Crippen LogP contribution in [0.1, 0.15) is 19.4 Å². The zero-order valence-electron chi connectivity index (χ0n) is 13.1. The second-order valence-electron chi connectivity index (χ2n) is 6.25. The first-order chi connectivity index (χ1) is 10.0. The standard InChI is InChI=1S/C16H25N3O2/c1-11-8-19(9-12(2)18(11)3)10-13-6-15-16(7-14(13)17)21-5-4-20-15/h6-7,11-12H,4-5,8-10,17H2,1-3H3. The van der Waals surface area contributed by atoms with Crippen molar-refractivity contribution < 1.29 is 9.47 Å². The van der Waals surface area contributed by atoms with E-state index in [4.69, 9.17) is 15.2 Å². The van der Waals surface area contributed by atoms with Crippen molar-refractivity contribution in [3.63, 3.8) is 0 Å². The van der Waals surface area contributed by atoms with Crippen LogP contribution in [0.3, 0.4) is 0 Å². The third-order valence-corrected chi connectivity index (χ3v) is 4.63. The Hall–Kier alpha value is -1.46. The van der Waals surface area contributed by atoms with Crippen LogP contribution in [0, 0.1) is 0 Å². The normalized spacial score (nSPS) is 26.8. The van der Waals surface area contributed by atoms with E-state index in [1.54, 1.807) is 0 Å². The number of anilines is 1. The molecule has 0 aliphatic carbocycles. The molecule has 2 heterocycles. The van der Waals surface area contributed by atoms with Gasteiger partial charge in [-0.25, -0.2) is 0 Å². The van der Waals surface area contributed by atoms with E-state index in [1.165, 1.54) is 0 Å². The Morgan fingerprint density at radius 3 is 2.29 bits per heavy atom. The van der Waals surface area contributed by atoms with Gasteiger partial charge in [0.25, 0.3) is 0 Å². The molecule has 1 fully saturated rings. The van der Waals surface area contributed by atoms with Crippen LogP contribution in [-0.2, 0) is 6.54 Å². The number of piperazine rings is 1. The first kappa shape index (κ1) is 14.5. The molecule has 5 heteroatoms. The molecule has 2 atom stereocenters. The van der Waals surface area contributed by atoms with E-state index in [0.29, 0.717) is 25.3 Å². The van der Waals surface area contributed by atoms with Gasteiger partial charge in [-0.15, -0.1) is 0 Å². The summed E-state index contributed by atoms with van der Waals surface area (Å²) in [5, 5.41) is 0. The molecule has 0 spiro atoms. The summed E-state index contributed by atoms with van der Waals surface area (Å²) >= 11 is 0. The number of nitrogens with zero attached hydrogens (tertiary/aromatic N) is 2. The quantitative estimate of drug-likeness (QED) is 0.838. The maximum Gasteiger partial charge on any atom is 0.163 e. The molecule has 2 unspecified atom stereocenters. The number of hydrogen-bond acceptors (Lipinski definition) is 5. The monoisotopic (exact) mass is 291 g/mol. The molecule has 2 aliphatic rings. The van der Waals surface area contributed by atoms with Crippen molar-refractivity contribution >= 4 is 5.69 Å². The first-order valence-corrected chi connectivity index (χ1v) is 7.67. The van der Waals surface area contributed by atoms with Crippen molar-refractivity contribution in [2.45, 2.75) is 32.5 Å². The van der Waals surface area contributed by atoms with Crippen LogP contribution in [-0.4, -0.2) is 55.2 Å². The van der Waals surface area contributed by atoms with Gasteiger partial charge in [0.2, 0.25) is 0 Å². The highest BCUT2D eigenvalue weighted by atomic mass is 16.6. The summed E-state index contributed by atoms with van der Waals surface area (Å²) in [6.07, 6.45) is 0. The van der Waals surface area contributed by atoms with Crippen LogP contribution >= 0.6 is 0 Å². The molecule has 0 saturated carbocycles. The van der Waals surface area contributed by atoms with Crippen LogP contribution in [0.15, 0.2) is 12.1 Å². The molecule has 1 saturated heterocycles. The van der Waals surface area contributed by atoms with Gasteiger partial charge < -0.3 is 15.2 Å². The molecule has 5 nitrogen and oxygen atoms in total. The largest absolute Gasteiger partial charge is 0.486 e. The van der Waals surface area contributed by atoms with E-state index >= 15 is 0 Å². The molecule has 116 valence electrons. The van der Waals surface area contributed by atoms with Gasteiger partial charge in [0.15, 0.2) is 11.5 Å². The molecular weight excluding hydrogens is 266 g/mol. The second-order valence-corrected chi connectivity index (χ2v) is 6.25. The van der Waals surface area contributed by atoms with E-state index in [2.05, 4.69) is 30.7 Å². The van der Waals surface area contributed by atoms with Gasteiger partial charge >= 0.3 is 0 Å². The number of likely N-dealkylation sites (N-methyl/N-ethyl adjacent to an activating group) is 1. The average molecular weight is 291 g/mol. The zero-order valence-corrected chi connectivity index (χ0v) is 13.1. The van der Waals surface area contributed by atoms with Crippen molar-refractivity contribution in [1.29, 1.82) is 0 Å². The summed E-state index contributed by atoms with van der Waals surface area (Å²) in [5.41, 5.74) is 8.10. The highest BCUT2D eigenvalue weighted by Gasteiger charge is 2.27. The zero-order chi connectivity index (χ0) is 15.0. The lowest BCUT2D eigenvalue weighted by Crippen LogP contribution is -2.54. The molecule has 1 aromatic carbocycles. The van der Waals surface area contributed by atoms with Gasteiger partial charge in [0, 0.05) is 43.5 Å². The average Bonchev–Trinajstić information content (AvgIpc) is 2.45. The minimum atomic E-state index is 0.562. The molecule has 0 radical (unpaired) electrons.